The molecule has 0 bridgehead atoms. The van der Waals surface area contributed by atoms with E-state index in [-0.39, 0.29) is 0 Å². The fourth-order valence-corrected chi connectivity index (χ4v) is 2.12. The van der Waals surface area contributed by atoms with E-state index in [1.54, 1.807) is 0 Å². The maximum atomic E-state index is 11.2. The molecule has 0 heterocycles. The maximum Gasteiger partial charge on any atom is 0.317 e. The van der Waals surface area contributed by atoms with Gasteiger partial charge in [-0.05, 0) is 6.42 Å². The summed E-state index contributed by atoms with van der Waals surface area (Å²) in [6.45, 7) is 9.46. The molecule has 0 radical (unpaired) electrons. The van der Waals surface area contributed by atoms with E-state index in [2.05, 4.69) is 20.1 Å². The molecule has 0 aliphatic rings. The Balaban J connectivity index is 3.72. The summed E-state index contributed by atoms with van der Waals surface area (Å²) in [6.07, 6.45) is 13.4. The van der Waals surface area contributed by atoms with Crippen LogP contribution in [0.3, 0.4) is 0 Å². The molecule has 0 aliphatic carbocycles. The van der Waals surface area contributed by atoms with Crippen molar-refractivity contribution in [2.45, 2.75) is 64.7 Å². The number of carboxylic acids is 1. The van der Waals surface area contributed by atoms with Gasteiger partial charge in [0.05, 0.1) is 0 Å². The van der Waals surface area contributed by atoms with Crippen molar-refractivity contribution >= 4 is 5.97 Å². The molecule has 18 heavy (non-hydrogen) atoms. The van der Waals surface area contributed by atoms with Crippen molar-refractivity contribution in [3.63, 3.8) is 0 Å². The van der Waals surface area contributed by atoms with Gasteiger partial charge < -0.3 is 5.11 Å². The lowest BCUT2D eigenvalue weighted by molar-refractivity contribution is -0.143. The highest BCUT2D eigenvalue weighted by molar-refractivity contribution is 5.79. The topological polar surface area (TPSA) is 37.3 Å². The largest absolute Gasteiger partial charge is 0.480 e. The van der Waals surface area contributed by atoms with Crippen LogP contribution in [0.5, 0.6) is 0 Å². The molecule has 0 unspecified atom stereocenters. The van der Waals surface area contributed by atoms with Crippen LogP contribution in [0.1, 0.15) is 64.7 Å². The predicted octanol–water partition coefficient (Wildman–Crippen LogP) is 4.96. The number of unbranched alkanes of at least 4 members (excludes halogenated alkanes) is 7. The Morgan fingerprint density at radius 2 is 1.44 bits per heavy atom. The molecule has 0 aliphatic heterocycles. The van der Waals surface area contributed by atoms with E-state index in [9.17, 15) is 9.90 Å². The average molecular weight is 252 g/mol. The molecule has 0 aromatic heterocycles. The number of rotatable bonds is 12. The van der Waals surface area contributed by atoms with E-state index in [0.717, 1.165) is 12.8 Å². The third-order valence-electron chi connectivity index (χ3n) is 3.57. The molecule has 0 spiro atoms. The van der Waals surface area contributed by atoms with Gasteiger partial charge in [-0.2, -0.15) is 0 Å². The van der Waals surface area contributed by atoms with Gasteiger partial charge in [-0.3, -0.25) is 4.79 Å². The van der Waals surface area contributed by atoms with Crippen molar-refractivity contribution in [3.05, 3.63) is 25.3 Å². The minimum absolute atomic E-state index is 0.615. The van der Waals surface area contributed by atoms with Crippen LogP contribution in [0.4, 0.5) is 0 Å². The van der Waals surface area contributed by atoms with Crippen LogP contribution in [-0.4, -0.2) is 11.1 Å². The van der Waals surface area contributed by atoms with E-state index < -0.39 is 11.4 Å². The summed E-state index contributed by atoms with van der Waals surface area (Å²) in [6, 6.07) is 0. The first kappa shape index (κ1) is 16.9. The minimum Gasteiger partial charge on any atom is -0.480 e. The molecule has 0 atom stereocenters. The van der Waals surface area contributed by atoms with Crippen molar-refractivity contribution in [2.24, 2.45) is 5.41 Å². The van der Waals surface area contributed by atoms with E-state index in [1.165, 1.54) is 50.7 Å². The van der Waals surface area contributed by atoms with Gasteiger partial charge in [-0.25, -0.2) is 0 Å². The summed E-state index contributed by atoms with van der Waals surface area (Å²) in [5.41, 5.74) is -0.928. The standard InChI is InChI=1S/C16H28O2/c1-4-7-8-9-10-11-12-13-14-16(5-2,6-3)15(17)18/h5-6H,2-4,7-14H2,1H3,(H,17,18). The van der Waals surface area contributed by atoms with Crippen LogP contribution < -0.4 is 0 Å². The lowest BCUT2D eigenvalue weighted by atomic mass is 9.83. The number of carbonyl (C=O) groups is 1. The van der Waals surface area contributed by atoms with Crippen LogP contribution in [0.15, 0.2) is 25.3 Å². The Labute approximate surface area is 112 Å². The molecule has 0 aromatic carbocycles. The molecule has 2 nitrogen and oxygen atoms in total. The van der Waals surface area contributed by atoms with E-state index in [4.69, 9.17) is 0 Å². The van der Waals surface area contributed by atoms with Crippen LogP contribution >= 0.6 is 0 Å². The number of hydrogen-bond acceptors (Lipinski definition) is 1. The highest BCUT2D eigenvalue weighted by Gasteiger charge is 2.30. The third kappa shape index (κ3) is 6.04. The maximum absolute atomic E-state index is 11.2. The summed E-state index contributed by atoms with van der Waals surface area (Å²) in [5, 5.41) is 9.18. The van der Waals surface area contributed by atoms with Gasteiger partial charge in [0.15, 0.2) is 0 Å². The zero-order chi connectivity index (χ0) is 13.9. The molecule has 0 rings (SSSR count). The summed E-state index contributed by atoms with van der Waals surface area (Å²) >= 11 is 0. The smallest absolute Gasteiger partial charge is 0.317 e. The molecular formula is C16H28O2. The number of carboxylic acid groups (broad SMARTS) is 1. The fourth-order valence-electron chi connectivity index (χ4n) is 2.12. The van der Waals surface area contributed by atoms with Crippen LogP contribution in [0.2, 0.25) is 0 Å². The first-order valence-electron chi connectivity index (χ1n) is 7.13. The lowest BCUT2D eigenvalue weighted by Crippen LogP contribution is -2.25. The second-order valence-electron chi connectivity index (χ2n) is 4.98. The zero-order valence-electron chi connectivity index (χ0n) is 11.8. The highest BCUT2D eigenvalue weighted by atomic mass is 16.4. The summed E-state index contributed by atoms with van der Waals surface area (Å²) in [5.74, 6) is -0.838. The third-order valence-corrected chi connectivity index (χ3v) is 3.57. The highest BCUT2D eigenvalue weighted by Crippen LogP contribution is 2.28. The van der Waals surface area contributed by atoms with Gasteiger partial charge in [-0.1, -0.05) is 70.4 Å². The monoisotopic (exact) mass is 252 g/mol. The lowest BCUT2D eigenvalue weighted by Gasteiger charge is -2.21. The second kappa shape index (κ2) is 9.93. The van der Waals surface area contributed by atoms with E-state index >= 15 is 0 Å². The first-order valence-corrected chi connectivity index (χ1v) is 7.13. The SMILES string of the molecule is C=CC(C=C)(CCCCCCCCCC)C(=O)O. The van der Waals surface area contributed by atoms with Crippen molar-refractivity contribution in [1.29, 1.82) is 0 Å². The molecule has 104 valence electrons. The van der Waals surface area contributed by atoms with Crippen LogP contribution in [0.25, 0.3) is 0 Å². The van der Waals surface area contributed by atoms with Gasteiger partial charge >= 0.3 is 5.97 Å². The van der Waals surface area contributed by atoms with Gasteiger partial charge in [0, 0.05) is 0 Å². The molecule has 0 aromatic rings. The predicted molar refractivity (Wildman–Crippen MR) is 77.7 cm³/mol. The normalized spacial score (nSPS) is 11.2. The fraction of sp³-hybridized carbons (Fsp3) is 0.688. The summed E-state index contributed by atoms with van der Waals surface area (Å²) in [7, 11) is 0. The molecule has 2 heteroatoms. The Morgan fingerprint density at radius 1 is 1.00 bits per heavy atom. The minimum atomic E-state index is -0.928. The summed E-state index contributed by atoms with van der Waals surface area (Å²) < 4.78 is 0. The Bertz CT molecular complexity index is 248. The number of aliphatic carboxylic acids is 1. The molecule has 0 amide bonds. The summed E-state index contributed by atoms with van der Waals surface area (Å²) in [4.78, 5) is 11.2. The number of hydrogen-bond donors (Lipinski definition) is 1. The van der Waals surface area contributed by atoms with E-state index in [0.29, 0.717) is 6.42 Å². The zero-order valence-corrected chi connectivity index (χ0v) is 11.8. The molecule has 0 saturated carbocycles. The van der Waals surface area contributed by atoms with Crippen LogP contribution in [-0.2, 0) is 4.79 Å². The first-order chi connectivity index (χ1) is 8.63. The Morgan fingerprint density at radius 3 is 1.83 bits per heavy atom. The quantitative estimate of drug-likeness (QED) is 0.394. The van der Waals surface area contributed by atoms with Crippen molar-refractivity contribution < 1.29 is 9.90 Å². The molecule has 0 fully saturated rings. The van der Waals surface area contributed by atoms with Crippen molar-refractivity contribution in [3.8, 4) is 0 Å². The van der Waals surface area contributed by atoms with E-state index in [1.807, 2.05) is 0 Å². The molecule has 1 N–H and O–H groups in total. The van der Waals surface area contributed by atoms with Crippen molar-refractivity contribution in [2.75, 3.05) is 0 Å². The van der Waals surface area contributed by atoms with Gasteiger partial charge in [0.2, 0.25) is 0 Å². The van der Waals surface area contributed by atoms with Gasteiger partial charge in [-0.15, -0.1) is 13.2 Å². The average Bonchev–Trinajstić information content (AvgIpc) is 2.37. The Hall–Kier alpha value is -1.05. The second-order valence-corrected chi connectivity index (χ2v) is 4.98. The van der Waals surface area contributed by atoms with Crippen molar-refractivity contribution in [1.82, 2.24) is 0 Å². The van der Waals surface area contributed by atoms with Gasteiger partial charge in [0.25, 0.3) is 0 Å². The molecular weight excluding hydrogens is 224 g/mol. The Kier molecular flexibility index (Phi) is 9.35. The van der Waals surface area contributed by atoms with Gasteiger partial charge in [0.1, 0.15) is 5.41 Å². The molecule has 0 saturated heterocycles. The van der Waals surface area contributed by atoms with Crippen LogP contribution in [0, 0.1) is 5.41 Å².